The lowest BCUT2D eigenvalue weighted by molar-refractivity contribution is -0.128. The molecule has 2 rings (SSSR count). The molecule has 0 aliphatic heterocycles. The summed E-state index contributed by atoms with van der Waals surface area (Å²) in [5.74, 6) is -1.48. The van der Waals surface area contributed by atoms with E-state index in [0.29, 0.717) is 11.1 Å². The SMILES string of the molecule is CNS(=O)(=O)c1cc(C(=O)NNC(=O)C(C)Oc2ccc(F)cc2)cc(C)c1C. The quantitative estimate of drug-likeness (QED) is 0.611. The molecule has 0 bridgehead atoms. The van der Waals surface area contributed by atoms with Crippen LogP contribution in [0.4, 0.5) is 4.39 Å². The van der Waals surface area contributed by atoms with Crippen LogP contribution in [0.25, 0.3) is 0 Å². The smallest absolute Gasteiger partial charge is 0.279 e. The van der Waals surface area contributed by atoms with E-state index in [-0.39, 0.29) is 16.2 Å². The first kappa shape index (κ1) is 22.3. The van der Waals surface area contributed by atoms with E-state index in [1.807, 2.05) is 0 Å². The minimum Gasteiger partial charge on any atom is -0.481 e. The Balaban J connectivity index is 2.06. The van der Waals surface area contributed by atoms with Gasteiger partial charge in [-0.15, -0.1) is 0 Å². The molecular formula is C19H22FN3O5S. The van der Waals surface area contributed by atoms with Crippen LogP contribution >= 0.6 is 0 Å². The number of aryl methyl sites for hydroxylation is 1. The molecule has 2 aromatic carbocycles. The Labute approximate surface area is 168 Å². The van der Waals surface area contributed by atoms with E-state index < -0.39 is 33.8 Å². The highest BCUT2D eigenvalue weighted by Crippen LogP contribution is 2.21. The van der Waals surface area contributed by atoms with Gasteiger partial charge in [0.2, 0.25) is 10.0 Å². The zero-order valence-electron chi connectivity index (χ0n) is 16.4. The van der Waals surface area contributed by atoms with Gasteiger partial charge in [0.25, 0.3) is 11.8 Å². The van der Waals surface area contributed by atoms with Crippen LogP contribution in [-0.2, 0) is 14.8 Å². The first-order valence-corrected chi connectivity index (χ1v) is 10.1. The molecule has 1 unspecified atom stereocenters. The lowest BCUT2D eigenvalue weighted by atomic mass is 10.1. The van der Waals surface area contributed by atoms with Crippen molar-refractivity contribution in [2.75, 3.05) is 7.05 Å². The summed E-state index contributed by atoms with van der Waals surface area (Å²) in [5.41, 5.74) is 5.62. The number of amides is 2. The fourth-order valence-electron chi connectivity index (χ4n) is 2.41. The number of benzene rings is 2. The van der Waals surface area contributed by atoms with E-state index in [0.717, 1.165) is 0 Å². The molecule has 8 nitrogen and oxygen atoms in total. The Morgan fingerprint density at radius 3 is 2.28 bits per heavy atom. The van der Waals surface area contributed by atoms with E-state index in [1.54, 1.807) is 13.8 Å². The number of sulfonamides is 1. The molecule has 10 heteroatoms. The molecule has 0 saturated carbocycles. The fourth-order valence-corrected chi connectivity index (χ4v) is 3.48. The van der Waals surface area contributed by atoms with Crippen molar-refractivity contribution in [2.24, 2.45) is 0 Å². The van der Waals surface area contributed by atoms with Crippen LogP contribution in [0.3, 0.4) is 0 Å². The molecule has 0 fully saturated rings. The molecule has 0 aliphatic carbocycles. The van der Waals surface area contributed by atoms with E-state index >= 15 is 0 Å². The van der Waals surface area contributed by atoms with E-state index in [4.69, 9.17) is 4.74 Å². The van der Waals surface area contributed by atoms with Crippen LogP contribution in [0.15, 0.2) is 41.3 Å². The fraction of sp³-hybridized carbons (Fsp3) is 0.263. The van der Waals surface area contributed by atoms with Gasteiger partial charge in [-0.3, -0.25) is 20.4 Å². The van der Waals surface area contributed by atoms with E-state index in [1.165, 1.54) is 50.4 Å². The molecule has 2 aromatic rings. The highest BCUT2D eigenvalue weighted by Gasteiger charge is 2.20. The number of halogens is 1. The van der Waals surface area contributed by atoms with Gasteiger partial charge >= 0.3 is 0 Å². The van der Waals surface area contributed by atoms with Crippen molar-refractivity contribution in [3.8, 4) is 5.75 Å². The van der Waals surface area contributed by atoms with Crippen molar-refractivity contribution >= 4 is 21.8 Å². The summed E-state index contributed by atoms with van der Waals surface area (Å²) in [6.45, 7) is 4.77. The number of rotatable bonds is 6. The third-order valence-corrected chi connectivity index (χ3v) is 5.78. The molecule has 3 N–H and O–H groups in total. The summed E-state index contributed by atoms with van der Waals surface area (Å²) in [5, 5.41) is 0. The molecule has 1 atom stereocenters. The number of carbonyl (C=O) groups excluding carboxylic acids is 2. The van der Waals surface area contributed by atoms with Crippen molar-refractivity contribution in [1.29, 1.82) is 0 Å². The molecule has 0 spiro atoms. The minimum atomic E-state index is -3.75. The Hall–Kier alpha value is -2.98. The maximum absolute atomic E-state index is 12.9. The summed E-state index contributed by atoms with van der Waals surface area (Å²) in [4.78, 5) is 24.5. The minimum absolute atomic E-state index is 0.0236. The zero-order chi connectivity index (χ0) is 21.8. The number of hydrogen-bond acceptors (Lipinski definition) is 5. The molecule has 0 saturated heterocycles. The average Bonchev–Trinajstić information content (AvgIpc) is 2.69. The van der Waals surface area contributed by atoms with Crippen molar-refractivity contribution in [3.63, 3.8) is 0 Å². The number of ether oxygens (including phenoxy) is 1. The molecular weight excluding hydrogens is 401 g/mol. The van der Waals surface area contributed by atoms with Gasteiger partial charge < -0.3 is 4.74 Å². The summed E-state index contributed by atoms with van der Waals surface area (Å²) in [7, 11) is -2.48. The van der Waals surface area contributed by atoms with Crippen molar-refractivity contribution in [1.82, 2.24) is 15.6 Å². The second-order valence-electron chi connectivity index (χ2n) is 6.28. The second-order valence-corrected chi connectivity index (χ2v) is 8.14. The Kier molecular flexibility index (Phi) is 6.93. The van der Waals surface area contributed by atoms with Gasteiger partial charge in [0.05, 0.1) is 4.90 Å². The van der Waals surface area contributed by atoms with Crippen LogP contribution in [0, 0.1) is 19.7 Å². The molecule has 0 heterocycles. The normalized spacial score (nSPS) is 12.2. The van der Waals surface area contributed by atoms with E-state index in [9.17, 15) is 22.4 Å². The van der Waals surface area contributed by atoms with Gasteiger partial charge in [0.15, 0.2) is 6.10 Å². The first-order valence-electron chi connectivity index (χ1n) is 8.62. The van der Waals surface area contributed by atoms with E-state index in [2.05, 4.69) is 15.6 Å². The predicted molar refractivity (Wildman–Crippen MR) is 104 cm³/mol. The Morgan fingerprint density at radius 2 is 1.69 bits per heavy atom. The van der Waals surface area contributed by atoms with Gasteiger partial charge in [-0.1, -0.05) is 0 Å². The topological polar surface area (TPSA) is 114 Å². The molecule has 29 heavy (non-hydrogen) atoms. The molecule has 0 aliphatic rings. The van der Waals surface area contributed by atoms with Crippen LogP contribution < -0.4 is 20.3 Å². The number of nitrogens with one attached hydrogen (secondary N) is 3. The first-order chi connectivity index (χ1) is 13.5. The van der Waals surface area contributed by atoms with Crippen LogP contribution in [-0.4, -0.2) is 33.4 Å². The average molecular weight is 423 g/mol. The Morgan fingerprint density at radius 1 is 1.07 bits per heavy atom. The molecule has 0 aromatic heterocycles. The van der Waals surface area contributed by atoms with Gasteiger partial charge in [0.1, 0.15) is 11.6 Å². The summed E-state index contributed by atoms with van der Waals surface area (Å²) in [6.07, 6.45) is -0.972. The van der Waals surface area contributed by atoms with Gasteiger partial charge in [-0.25, -0.2) is 17.5 Å². The number of carbonyl (C=O) groups is 2. The highest BCUT2D eigenvalue weighted by atomic mass is 32.2. The maximum Gasteiger partial charge on any atom is 0.279 e. The summed E-state index contributed by atoms with van der Waals surface area (Å²) >= 11 is 0. The zero-order valence-corrected chi connectivity index (χ0v) is 17.2. The second kappa shape index (κ2) is 9.01. The number of hydrazine groups is 1. The van der Waals surface area contributed by atoms with Crippen molar-refractivity contribution < 1.29 is 27.1 Å². The van der Waals surface area contributed by atoms with Crippen LogP contribution in [0.5, 0.6) is 5.75 Å². The summed E-state index contributed by atoms with van der Waals surface area (Å²) in [6, 6.07) is 7.88. The maximum atomic E-state index is 12.9. The lowest BCUT2D eigenvalue weighted by Crippen LogP contribution is -2.47. The highest BCUT2D eigenvalue weighted by molar-refractivity contribution is 7.89. The standard InChI is InChI=1S/C19H22FN3O5S/c1-11-9-14(10-17(12(11)2)29(26,27)21-4)19(25)23-22-18(24)13(3)28-16-7-5-15(20)6-8-16/h5-10,13,21H,1-4H3,(H,22,24)(H,23,25). The third-order valence-electron chi connectivity index (χ3n) is 4.24. The van der Waals surface area contributed by atoms with Crippen molar-refractivity contribution in [2.45, 2.75) is 31.8 Å². The van der Waals surface area contributed by atoms with Crippen LogP contribution in [0.1, 0.15) is 28.4 Å². The molecule has 2 amide bonds. The van der Waals surface area contributed by atoms with Gasteiger partial charge in [0, 0.05) is 5.56 Å². The molecule has 0 radical (unpaired) electrons. The molecule has 156 valence electrons. The Bertz CT molecular complexity index is 1020. The predicted octanol–water partition coefficient (Wildman–Crippen LogP) is 1.58. The van der Waals surface area contributed by atoms with Gasteiger partial charge in [-0.2, -0.15) is 0 Å². The largest absolute Gasteiger partial charge is 0.481 e. The van der Waals surface area contributed by atoms with Crippen molar-refractivity contribution in [3.05, 3.63) is 58.9 Å². The number of hydrogen-bond donors (Lipinski definition) is 3. The summed E-state index contributed by atoms with van der Waals surface area (Å²) < 4.78 is 44.8. The van der Waals surface area contributed by atoms with Gasteiger partial charge in [-0.05, 0) is 75.3 Å². The third kappa shape index (κ3) is 5.52. The monoisotopic (exact) mass is 423 g/mol. The lowest BCUT2D eigenvalue weighted by Gasteiger charge is -2.16. The van der Waals surface area contributed by atoms with Crippen LogP contribution in [0.2, 0.25) is 0 Å².